The second kappa shape index (κ2) is 50.6. The van der Waals surface area contributed by atoms with Crippen LogP contribution < -0.4 is 11.1 Å². The normalized spacial score (nSPS) is 12.0. The van der Waals surface area contributed by atoms with Crippen molar-refractivity contribution in [2.75, 3.05) is 31.9 Å². The van der Waals surface area contributed by atoms with E-state index in [0.717, 1.165) is 76.7 Å². The van der Waals surface area contributed by atoms with Gasteiger partial charge in [-0.25, -0.2) is 74.6 Å². The molecular weight excluding hydrogens is 2040 g/mol. The summed E-state index contributed by atoms with van der Waals surface area (Å²) in [6.45, 7) is 3.66. The summed E-state index contributed by atoms with van der Waals surface area (Å²) < 4.78 is 177. The Kier molecular flexibility index (Phi) is 41.2. The number of carbonyl (C=O) groups is 5. The number of aromatic hydroxyl groups is 5. The molecule has 0 aliphatic carbocycles. The Labute approximate surface area is 819 Å². The number of nitrogens with zero attached hydrogens (tertiary/aromatic N) is 1. The van der Waals surface area contributed by atoms with Gasteiger partial charge in [0.25, 0.3) is 15.0 Å². The summed E-state index contributed by atoms with van der Waals surface area (Å²) in [6, 6.07) is 65.5. The minimum atomic E-state index is -4.26. The minimum absolute atomic E-state index is 0. The topological polar surface area (TPSA) is 495 Å². The molecule has 2 fully saturated rings. The molecule has 722 valence electrons. The Hall–Kier alpha value is -12.4. The molecule has 2 aliphatic heterocycles. The van der Waals surface area contributed by atoms with Crippen molar-refractivity contribution in [1.82, 2.24) is 10.2 Å². The van der Waals surface area contributed by atoms with Crippen LogP contribution in [0.4, 0.5) is 23.2 Å². The summed E-state index contributed by atoms with van der Waals surface area (Å²) in [5, 5.41) is 85.3. The largest absolute Gasteiger partial charge is 0.749 e. The average molecular weight is 2120 g/mol. The molecule has 2 aliphatic rings. The standard InChI is InChI=1S/C23H19ClFNO4S.2C20H14ClFO5S.C12H10FN.C7H4Cl2O5S.C7H5ClO3.C3H7N.CH4.ClHO3S/c24-19-11-18(23(28)26-9-4-10-26)13-21(22(19)27)31(29,30)14-17-8-7-16(12-20(17)25)15-5-2-1-3-6-15;2*21-16-8-15(20(24)25)10-18(19(16)23)28(26,27)11-14-7-6-13(9-17(14)22)12-4-2-1-3-5-12;13-11-8-10(6-7-12(11)14)9-4-2-1-3-5-9;8-4-1-3(7(11)12)2-5(6(4)10)15(9,13)14;8-5-3-4(7(10)11)1-2-6(5)9;1-2-4-3-1;;1-4-5(2)3/h1-3,5-8,11-13,27H,4,9-10,14H2;2*1-10,23H,11H2,(H,24,25);1-8H,14H2;1-2,10H,(H,11,12);1-3,9H,(H,10,11);4H,1-3H2;1H4;(H,2,3)/p-1. The number of sulfone groups is 3. The van der Waals surface area contributed by atoms with E-state index in [9.17, 15) is 95.6 Å². The molecule has 13 aromatic rings. The van der Waals surface area contributed by atoms with Crippen LogP contribution in [0.25, 0.3) is 44.5 Å². The number of carboxylic acid groups (broad SMARTS) is 4. The van der Waals surface area contributed by atoms with E-state index in [4.69, 9.17) is 109 Å². The first-order valence-corrected chi connectivity index (χ1v) is 49.1. The number of carbonyl (C=O) groups excluding carboxylic acids is 1. The number of rotatable bonds is 20. The Morgan fingerprint density at radius 3 is 0.891 bits per heavy atom. The SMILES string of the molecule is C.C1CNC1.Nc1ccc(-c2ccccc2)cc1F.O=C(O)c1cc(Cl)c(O)c(S(=O)(=O)Cc2ccc(-c3ccccc3)cc2F)c1.O=C(O)c1cc(Cl)c(O)c(S(=O)(=O)Cc2ccc(-c3ccccc3)cc2F)c1.O=C(O)c1cc(Cl)c(O)c(S(=O)(=O)Cl)c1.O=C(O)c1ccc(O)c(Cl)c1.O=C(c1cc(Cl)c(O)c(S(=O)(=O)Cc2ccc(-c3ccccc3)cc2F)c1)N1CCC1.O=S([O-])OCl. The Bertz CT molecular complexity index is 6910. The van der Waals surface area contributed by atoms with Gasteiger partial charge in [-0.2, -0.15) is 3.74 Å². The van der Waals surface area contributed by atoms with E-state index in [1.54, 1.807) is 77.7 Å². The molecule has 0 radical (unpaired) electrons. The zero-order valence-corrected chi connectivity index (χ0v) is 78.8. The number of hydrogen-bond acceptors (Lipinski definition) is 23. The molecule has 1 amide bonds. The van der Waals surface area contributed by atoms with Crippen molar-refractivity contribution in [3.05, 3.63) is 354 Å². The van der Waals surface area contributed by atoms with Crippen LogP contribution >= 0.6 is 80.6 Å². The number of nitrogen functional groups attached to an aromatic ring is 1. The van der Waals surface area contributed by atoms with Crippen molar-refractivity contribution in [3.8, 4) is 73.3 Å². The average Bonchev–Trinajstić information content (AvgIpc) is 0.773. The van der Waals surface area contributed by atoms with Crippen molar-refractivity contribution in [2.45, 2.75) is 57.1 Å². The van der Waals surface area contributed by atoms with E-state index in [0.29, 0.717) is 29.8 Å². The minimum Gasteiger partial charge on any atom is -0.749 e. The van der Waals surface area contributed by atoms with Crippen molar-refractivity contribution in [1.29, 1.82) is 0 Å². The van der Waals surface area contributed by atoms with Crippen LogP contribution in [0.3, 0.4) is 0 Å². The lowest BCUT2D eigenvalue weighted by Crippen LogP contribution is -2.42. The maximum atomic E-state index is 14.7. The fourth-order valence-electron chi connectivity index (χ4n) is 11.8. The van der Waals surface area contributed by atoms with E-state index in [1.807, 2.05) is 78.9 Å². The van der Waals surface area contributed by atoms with Crippen molar-refractivity contribution < 1.29 is 134 Å². The summed E-state index contributed by atoms with van der Waals surface area (Å²) in [6.07, 6.45) is 2.26. The molecule has 2 heterocycles. The van der Waals surface area contributed by atoms with E-state index in [1.165, 1.54) is 86.2 Å². The molecule has 13 aromatic carbocycles. The van der Waals surface area contributed by atoms with Gasteiger partial charge in [-0.05, 0) is 168 Å². The van der Waals surface area contributed by atoms with Gasteiger partial charge < -0.3 is 66.5 Å². The zero-order valence-electron chi connectivity index (χ0n) is 69.5. The van der Waals surface area contributed by atoms with E-state index >= 15 is 0 Å². The van der Waals surface area contributed by atoms with Gasteiger partial charge >= 0.3 is 23.9 Å². The van der Waals surface area contributed by atoms with Gasteiger partial charge in [-0.3, -0.25) is 4.79 Å². The lowest BCUT2D eigenvalue weighted by Gasteiger charge is -2.31. The van der Waals surface area contributed by atoms with Gasteiger partial charge in [-0.15, -0.1) is 0 Å². The molecule has 44 heteroatoms. The summed E-state index contributed by atoms with van der Waals surface area (Å²) >= 11 is 30.0. The lowest BCUT2D eigenvalue weighted by atomic mass is 10.0. The van der Waals surface area contributed by atoms with Crippen LogP contribution in [-0.2, 0) is 70.9 Å². The molecule has 12 N–H and O–H groups in total. The van der Waals surface area contributed by atoms with Gasteiger partial charge in [0.15, 0.2) is 52.5 Å². The fraction of sp³-hybridized carbons (Fsp3) is 0.108. The van der Waals surface area contributed by atoms with E-state index < -0.39 is 177 Å². The fourth-order valence-corrected chi connectivity index (χ4v) is 18.6. The number of benzene rings is 13. The molecular formula is C93H77Cl7F4N3O25S5-. The number of carboxylic acids is 4. The Balaban J connectivity index is 0.000000226. The predicted molar refractivity (Wildman–Crippen MR) is 511 cm³/mol. The summed E-state index contributed by atoms with van der Waals surface area (Å²) in [5.74, 6) is -13.4. The number of phenols is 5. The van der Waals surface area contributed by atoms with E-state index in [2.05, 4.69) is 20.9 Å². The number of anilines is 1. The molecule has 15 rings (SSSR count). The number of phenolic OH excluding ortho intramolecular Hbond substituents is 5. The monoisotopic (exact) mass is 2120 g/mol. The third-order valence-corrected chi connectivity index (χ3v) is 27.3. The van der Waals surface area contributed by atoms with Crippen LogP contribution in [0.1, 0.15) is 88.7 Å². The van der Waals surface area contributed by atoms with E-state index in [-0.39, 0.29) is 74.0 Å². The number of nitrogens with two attached hydrogens (primary N) is 1. The highest BCUT2D eigenvalue weighted by Gasteiger charge is 2.31. The van der Waals surface area contributed by atoms with Crippen LogP contribution in [0.15, 0.2) is 280 Å². The molecule has 0 spiro atoms. The second-order valence-corrected chi connectivity index (χ2v) is 39.8. The van der Waals surface area contributed by atoms with Crippen molar-refractivity contribution in [3.63, 3.8) is 0 Å². The predicted octanol–water partition coefficient (Wildman–Crippen LogP) is 20.8. The lowest BCUT2D eigenvalue weighted by molar-refractivity contribution is 0.0647. The molecule has 0 bridgehead atoms. The first kappa shape index (κ1) is 112. The molecule has 0 aromatic heterocycles. The highest BCUT2D eigenvalue weighted by molar-refractivity contribution is 8.13. The molecule has 1 unspecified atom stereocenters. The smallest absolute Gasteiger partial charge is 0.335 e. The Morgan fingerprint density at radius 2 is 0.642 bits per heavy atom. The number of nitrogens with one attached hydrogen (secondary N) is 1. The van der Waals surface area contributed by atoms with Crippen LogP contribution in [0, 0.1) is 23.3 Å². The quantitative estimate of drug-likeness (QED) is 0.0146. The first-order chi connectivity index (χ1) is 64.0. The van der Waals surface area contributed by atoms with Gasteiger partial charge in [0.1, 0.15) is 60.0 Å². The summed E-state index contributed by atoms with van der Waals surface area (Å²) in [7, 11) is -12.0. The zero-order chi connectivity index (χ0) is 100. The van der Waals surface area contributed by atoms with Gasteiger partial charge in [0.2, 0.25) is 0 Å². The number of halogens is 11. The maximum absolute atomic E-state index is 14.7. The highest BCUT2D eigenvalue weighted by atomic mass is 35.7. The van der Waals surface area contributed by atoms with Gasteiger partial charge in [0.05, 0.1) is 82.2 Å². The molecule has 0 saturated carbocycles. The van der Waals surface area contributed by atoms with Crippen molar-refractivity contribution in [2.24, 2.45) is 0 Å². The second-order valence-electron chi connectivity index (χ2n) is 28.5. The van der Waals surface area contributed by atoms with Crippen molar-refractivity contribution >= 4 is 166 Å². The third kappa shape index (κ3) is 31.8. The number of aromatic carboxylic acids is 4. The number of hydrogen-bond donors (Lipinski definition) is 11. The molecule has 137 heavy (non-hydrogen) atoms. The number of likely N-dealkylation sites (tertiary alicyclic amines) is 1. The third-order valence-electron chi connectivity index (χ3n) is 19.1. The summed E-state index contributed by atoms with van der Waals surface area (Å²) in [4.78, 5) is 54.7. The van der Waals surface area contributed by atoms with Crippen LogP contribution in [0.2, 0.25) is 25.1 Å². The first-order valence-electron chi connectivity index (χ1n) is 38.7. The van der Waals surface area contributed by atoms with Crippen LogP contribution in [0.5, 0.6) is 28.7 Å². The van der Waals surface area contributed by atoms with Gasteiger partial charge in [-0.1, -0.05) is 229 Å². The number of amides is 1. The molecule has 1 atom stereocenters. The summed E-state index contributed by atoms with van der Waals surface area (Å²) in [5.41, 5.74) is 10.2. The highest BCUT2D eigenvalue weighted by Crippen LogP contribution is 2.41. The van der Waals surface area contributed by atoms with Gasteiger partial charge in [0, 0.05) is 46.0 Å². The maximum Gasteiger partial charge on any atom is 0.335 e. The molecule has 2 saturated heterocycles. The molecule has 28 nitrogen and oxygen atoms in total. The van der Waals surface area contributed by atoms with Crippen LogP contribution in [-0.4, -0.2) is 149 Å². The Morgan fingerprint density at radius 1 is 0.380 bits per heavy atom.